The lowest BCUT2D eigenvalue weighted by Gasteiger charge is -2.11. The molecule has 6 heteroatoms. The van der Waals surface area contributed by atoms with Crippen molar-refractivity contribution in [2.75, 3.05) is 0 Å². The van der Waals surface area contributed by atoms with Crippen molar-refractivity contribution < 1.29 is 0 Å². The molecular formula is C9H11IN4S. The lowest BCUT2D eigenvalue weighted by Crippen LogP contribution is -2.13. The van der Waals surface area contributed by atoms with Crippen molar-refractivity contribution in [3.8, 4) is 5.13 Å². The zero-order valence-corrected chi connectivity index (χ0v) is 11.7. The third-order valence-corrected chi connectivity index (χ3v) is 3.10. The molecule has 15 heavy (non-hydrogen) atoms. The SMILES string of the molecule is CC(C)(C)c1nsc(-n2cc(I)cn2)n1. The number of nitrogens with zero attached hydrogens (tertiary/aromatic N) is 4. The summed E-state index contributed by atoms with van der Waals surface area (Å²) >= 11 is 3.60. The van der Waals surface area contributed by atoms with Crippen molar-refractivity contribution in [1.82, 2.24) is 19.1 Å². The lowest BCUT2D eigenvalue weighted by molar-refractivity contribution is 0.553. The Bertz CT molecular complexity index is 468. The first-order valence-corrected chi connectivity index (χ1v) is 6.37. The van der Waals surface area contributed by atoms with Crippen LogP contribution in [0.4, 0.5) is 0 Å². The highest BCUT2D eigenvalue weighted by atomic mass is 127. The van der Waals surface area contributed by atoms with Gasteiger partial charge in [-0.25, -0.2) is 9.67 Å². The Morgan fingerprint density at radius 3 is 2.60 bits per heavy atom. The molecule has 0 atom stereocenters. The monoisotopic (exact) mass is 334 g/mol. The number of hydrogen-bond acceptors (Lipinski definition) is 4. The van der Waals surface area contributed by atoms with Gasteiger partial charge in [-0.05, 0) is 22.6 Å². The number of aromatic nitrogens is 4. The van der Waals surface area contributed by atoms with E-state index < -0.39 is 0 Å². The molecule has 2 aromatic rings. The van der Waals surface area contributed by atoms with Gasteiger partial charge < -0.3 is 0 Å². The van der Waals surface area contributed by atoms with Gasteiger partial charge >= 0.3 is 0 Å². The van der Waals surface area contributed by atoms with Gasteiger partial charge in [-0.15, -0.1) is 0 Å². The minimum absolute atomic E-state index is 0.00490. The molecule has 0 aliphatic heterocycles. The summed E-state index contributed by atoms with van der Waals surface area (Å²) in [5.41, 5.74) is -0.00490. The molecule has 0 saturated carbocycles. The van der Waals surface area contributed by atoms with E-state index in [1.807, 2.05) is 6.20 Å². The number of halogens is 1. The summed E-state index contributed by atoms with van der Waals surface area (Å²) in [5.74, 6) is 0.869. The summed E-state index contributed by atoms with van der Waals surface area (Å²) in [5, 5.41) is 5.02. The highest BCUT2D eigenvalue weighted by Crippen LogP contribution is 2.22. The van der Waals surface area contributed by atoms with Crippen LogP contribution < -0.4 is 0 Å². The Kier molecular flexibility index (Phi) is 2.80. The summed E-state index contributed by atoms with van der Waals surface area (Å²) in [6, 6.07) is 0. The summed E-state index contributed by atoms with van der Waals surface area (Å²) in [6.45, 7) is 6.31. The van der Waals surface area contributed by atoms with Gasteiger partial charge in [0.2, 0.25) is 5.13 Å². The maximum absolute atomic E-state index is 4.47. The molecule has 0 bridgehead atoms. The summed E-state index contributed by atoms with van der Waals surface area (Å²) in [4.78, 5) is 4.47. The van der Waals surface area contributed by atoms with Crippen LogP contribution in [0.1, 0.15) is 26.6 Å². The molecule has 2 aromatic heterocycles. The number of hydrogen-bond donors (Lipinski definition) is 0. The molecule has 0 aromatic carbocycles. The van der Waals surface area contributed by atoms with Crippen molar-refractivity contribution in [1.29, 1.82) is 0 Å². The zero-order valence-electron chi connectivity index (χ0n) is 8.73. The van der Waals surface area contributed by atoms with Crippen molar-refractivity contribution in [3.63, 3.8) is 0 Å². The van der Waals surface area contributed by atoms with Crippen LogP contribution in [0, 0.1) is 3.57 Å². The van der Waals surface area contributed by atoms with E-state index in [1.165, 1.54) is 11.5 Å². The predicted octanol–water partition coefficient (Wildman–Crippen LogP) is 2.63. The van der Waals surface area contributed by atoms with Gasteiger partial charge in [-0.2, -0.15) is 9.47 Å². The Morgan fingerprint density at radius 1 is 1.40 bits per heavy atom. The molecule has 0 saturated heterocycles. The third-order valence-electron chi connectivity index (χ3n) is 1.83. The molecule has 80 valence electrons. The van der Waals surface area contributed by atoms with E-state index in [2.05, 4.69) is 57.8 Å². The largest absolute Gasteiger partial charge is 0.230 e. The Balaban J connectivity index is 2.36. The van der Waals surface area contributed by atoms with Gasteiger partial charge in [0, 0.05) is 23.1 Å². The van der Waals surface area contributed by atoms with Crippen LogP contribution in [-0.2, 0) is 5.41 Å². The van der Waals surface area contributed by atoms with E-state index in [4.69, 9.17) is 0 Å². The summed E-state index contributed by atoms with van der Waals surface area (Å²) < 4.78 is 7.20. The minimum atomic E-state index is -0.00490. The molecule has 0 aliphatic carbocycles. The van der Waals surface area contributed by atoms with Crippen LogP contribution >= 0.6 is 34.1 Å². The van der Waals surface area contributed by atoms with E-state index >= 15 is 0 Å². The predicted molar refractivity (Wildman–Crippen MR) is 68.4 cm³/mol. The van der Waals surface area contributed by atoms with Crippen molar-refractivity contribution in [2.45, 2.75) is 26.2 Å². The maximum Gasteiger partial charge on any atom is 0.230 e. The van der Waals surface area contributed by atoms with Gasteiger partial charge in [0.15, 0.2) is 0 Å². The molecular weight excluding hydrogens is 323 g/mol. The molecule has 0 amide bonds. The van der Waals surface area contributed by atoms with Crippen LogP contribution in [0.5, 0.6) is 0 Å². The first-order valence-electron chi connectivity index (χ1n) is 4.51. The lowest BCUT2D eigenvalue weighted by atomic mass is 9.96. The molecule has 0 fully saturated rings. The van der Waals surface area contributed by atoms with E-state index in [1.54, 1.807) is 10.9 Å². The average molecular weight is 334 g/mol. The topological polar surface area (TPSA) is 43.6 Å². The van der Waals surface area contributed by atoms with E-state index in [0.717, 1.165) is 14.5 Å². The molecule has 2 heterocycles. The molecule has 0 spiro atoms. The van der Waals surface area contributed by atoms with Crippen LogP contribution in [0.2, 0.25) is 0 Å². The Morgan fingerprint density at radius 2 is 2.13 bits per heavy atom. The zero-order chi connectivity index (χ0) is 11.1. The van der Waals surface area contributed by atoms with Gasteiger partial charge in [-0.1, -0.05) is 20.8 Å². The van der Waals surface area contributed by atoms with Crippen LogP contribution in [0.15, 0.2) is 12.4 Å². The van der Waals surface area contributed by atoms with Gasteiger partial charge in [0.25, 0.3) is 0 Å². The van der Waals surface area contributed by atoms with Crippen LogP contribution in [0.25, 0.3) is 5.13 Å². The first kappa shape index (κ1) is 11.0. The summed E-state index contributed by atoms with van der Waals surface area (Å²) in [6.07, 6.45) is 3.74. The highest BCUT2D eigenvalue weighted by Gasteiger charge is 2.20. The van der Waals surface area contributed by atoms with Crippen molar-refractivity contribution in [2.24, 2.45) is 0 Å². The fourth-order valence-corrected chi connectivity index (χ4v) is 2.20. The standard InChI is InChI=1S/C9H11IN4S/c1-9(2,3)7-12-8(15-13-7)14-5-6(10)4-11-14/h4-5H,1-3H3. The summed E-state index contributed by atoms with van der Waals surface area (Å²) in [7, 11) is 0. The van der Waals surface area contributed by atoms with Crippen LogP contribution in [0.3, 0.4) is 0 Å². The average Bonchev–Trinajstić information content (AvgIpc) is 2.69. The molecule has 0 aliphatic rings. The maximum atomic E-state index is 4.47. The highest BCUT2D eigenvalue weighted by molar-refractivity contribution is 14.1. The fraction of sp³-hybridized carbons (Fsp3) is 0.444. The first-order chi connectivity index (χ1) is 6.97. The van der Waals surface area contributed by atoms with Crippen LogP contribution in [-0.4, -0.2) is 19.1 Å². The van der Waals surface area contributed by atoms with Gasteiger partial charge in [0.05, 0.1) is 9.77 Å². The molecule has 4 nitrogen and oxygen atoms in total. The molecule has 2 rings (SSSR count). The van der Waals surface area contributed by atoms with Crippen molar-refractivity contribution >= 4 is 34.1 Å². The molecule has 0 unspecified atom stereocenters. The second-order valence-electron chi connectivity index (χ2n) is 4.25. The molecule has 0 N–H and O–H groups in total. The third kappa shape index (κ3) is 2.36. The van der Waals surface area contributed by atoms with E-state index in [0.29, 0.717) is 0 Å². The second kappa shape index (κ2) is 3.82. The Labute approximate surface area is 106 Å². The van der Waals surface area contributed by atoms with Gasteiger partial charge in [0.1, 0.15) is 5.82 Å². The number of rotatable bonds is 1. The second-order valence-corrected chi connectivity index (χ2v) is 6.23. The Hall–Kier alpha value is -0.500. The van der Waals surface area contributed by atoms with Gasteiger partial charge in [-0.3, -0.25) is 0 Å². The van der Waals surface area contributed by atoms with E-state index in [9.17, 15) is 0 Å². The van der Waals surface area contributed by atoms with Crippen molar-refractivity contribution in [3.05, 3.63) is 21.8 Å². The fourth-order valence-electron chi connectivity index (χ4n) is 1.02. The smallest absolute Gasteiger partial charge is 0.211 e. The normalized spacial score (nSPS) is 12.0. The minimum Gasteiger partial charge on any atom is -0.211 e. The quantitative estimate of drug-likeness (QED) is 0.753. The molecule has 0 radical (unpaired) electrons. The van der Waals surface area contributed by atoms with E-state index in [-0.39, 0.29) is 5.41 Å².